The highest BCUT2D eigenvalue weighted by Gasteiger charge is 2.17. The zero-order valence-electron chi connectivity index (χ0n) is 7.58. The third-order valence-electron chi connectivity index (χ3n) is 1.72. The Morgan fingerprint density at radius 3 is 3.00 bits per heavy atom. The number of carbonyl (C=O) groups excluding carboxylic acids is 1. The zero-order valence-corrected chi connectivity index (χ0v) is 9.22. The molecule has 1 amide bonds. The van der Waals surface area contributed by atoms with Crippen LogP contribution in [0.2, 0.25) is 0 Å². The van der Waals surface area contributed by atoms with Crippen LogP contribution in [-0.4, -0.2) is 16.1 Å². The summed E-state index contributed by atoms with van der Waals surface area (Å²) in [5.74, 6) is -0.269. The summed E-state index contributed by atoms with van der Waals surface area (Å²) in [6, 6.07) is 3.04. The maximum absolute atomic E-state index is 11.6. The fourth-order valence-electron chi connectivity index (χ4n) is 1.01. The number of nitrogens with two attached hydrogens (primary N) is 1. The monoisotopic (exact) mass is 240 g/mol. The van der Waals surface area contributed by atoms with Gasteiger partial charge in [-0.15, -0.1) is 21.5 Å². The molecule has 2 aromatic heterocycles. The van der Waals surface area contributed by atoms with Gasteiger partial charge in [0.25, 0.3) is 0 Å². The number of thiophene rings is 1. The van der Waals surface area contributed by atoms with Gasteiger partial charge in [-0.25, -0.2) is 0 Å². The number of anilines is 1. The molecule has 0 aliphatic carbocycles. The van der Waals surface area contributed by atoms with Gasteiger partial charge < -0.3 is 5.73 Å². The number of hydrogen-bond donors (Lipinski definition) is 2. The Balaban J connectivity index is 2.03. The maximum Gasteiger partial charge on any atom is 0.248 e. The fraction of sp³-hybridized carbons (Fsp3) is 0.125. The Bertz CT molecular complexity index is 425. The van der Waals surface area contributed by atoms with Crippen LogP contribution in [0, 0.1) is 0 Å². The van der Waals surface area contributed by atoms with E-state index in [4.69, 9.17) is 5.73 Å². The van der Waals surface area contributed by atoms with Crippen LogP contribution in [0.25, 0.3) is 0 Å². The van der Waals surface area contributed by atoms with Crippen molar-refractivity contribution in [3.05, 3.63) is 27.9 Å². The first-order valence-corrected chi connectivity index (χ1v) is 5.89. The minimum absolute atomic E-state index is 0.269. The SMILES string of the molecule is N[C@H](C(=O)Nc1nncs1)c1cccs1. The van der Waals surface area contributed by atoms with E-state index in [1.807, 2.05) is 17.5 Å². The molecule has 15 heavy (non-hydrogen) atoms. The molecule has 3 N–H and O–H groups in total. The molecule has 0 aliphatic heterocycles. The van der Waals surface area contributed by atoms with Crippen molar-refractivity contribution in [1.29, 1.82) is 0 Å². The normalized spacial score (nSPS) is 12.3. The molecule has 0 radical (unpaired) electrons. The lowest BCUT2D eigenvalue weighted by atomic mass is 10.2. The van der Waals surface area contributed by atoms with Crippen molar-refractivity contribution in [3.8, 4) is 0 Å². The topological polar surface area (TPSA) is 80.9 Å². The maximum atomic E-state index is 11.6. The fourth-order valence-corrected chi connectivity index (χ4v) is 2.18. The Labute approximate surface area is 94.0 Å². The van der Waals surface area contributed by atoms with Gasteiger partial charge in [0.05, 0.1) is 0 Å². The largest absolute Gasteiger partial charge is 0.316 e. The van der Waals surface area contributed by atoms with E-state index >= 15 is 0 Å². The van der Waals surface area contributed by atoms with Crippen LogP contribution in [-0.2, 0) is 4.79 Å². The van der Waals surface area contributed by atoms with Crippen molar-refractivity contribution in [1.82, 2.24) is 10.2 Å². The molecule has 0 aliphatic rings. The average Bonchev–Trinajstić information content (AvgIpc) is 2.88. The predicted octanol–water partition coefficient (Wildman–Crippen LogP) is 1.24. The smallest absolute Gasteiger partial charge is 0.248 e. The number of rotatable bonds is 3. The Morgan fingerprint density at radius 2 is 2.40 bits per heavy atom. The lowest BCUT2D eigenvalue weighted by molar-refractivity contribution is -0.117. The summed E-state index contributed by atoms with van der Waals surface area (Å²) in [4.78, 5) is 12.4. The van der Waals surface area contributed by atoms with Gasteiger partial charge in [-0.1, -0.05) is 17.4 Å². The zero-order chi connectivity index (χ0) is 10.7. The number of carbonyl (C=O) groups is 1. The van der Waals surface area contributed by atoms with Crippen LogP contribution < -0.4 is 11.1 Å². The van der Waals surface area contributed by atoms with Crippen LogP contribution in [0.5, 0.6) is 0 Å². The second-order valence-electron chi connectivity index (χ2n) is 2.73. The Kier molecular flexibility index (Phi) is 3.05. The van der Waals surface area contributed by atoms with Gasteiger partial charge in [0.1, 0.15) is 11.6 Å². The lowest BCUT2D eigenvalue weighted by Crippen LogP contribution is -2.26. The van der Waals surface area contributed by atoms with E-state index < -0.39 is 6.04 Å². The first-order chi connectivity index (χ1) is 7.27. The minimum atomic E-state index is -0.645. The Hall–Kier alpha value is -1.31. The summed E-state index contributed by atoms with van der Waals surface area (Å²) in [7, 11) is 0. The number of nitrogens with one attached hydrogen (secondary N) is 1. The molecule has 2 rings (SSSR count). The van der Waals surface area contributed by atoms with Gasteiger partial charge in [-0.3, -0.25) is 10.1 Å². The molecule has 7 heteroatoms. The van der Waals surface area contributed by atoms with Gasteiger partial charge in [0.15, 0.2) is 0 Å². The first-order valence-electron chi connectivity index (χ1n) is 4.13. The number of nitrogens with zero attached hydrogens (tertiary/aromatic N) is 2. The molecule has 2 aromatic rings. The van der Waals surface area contributed by atoms with E-state index in [1.165, 1.54) is 22.7 Å². The molecule has 0 fully saturated rings. The summed E-state index contributed by atoms with van der Waals surface area (Å²) in [6.07, 6.45) is 0. The number of amides is 1. The van der Waals surface area contributed by atoms with Crippen LogP contribution in [0.4, 0.5) is 5.13 Å². The lowest BCUT2D eigenvalue weighted by Gasteiger charge is -2.07. The molecular formula is C8H8N4OS2. The van der Waals surface area contributed by atoms with Crippen LogP contribution in [0.15, 0.2) is 23.0 Å². The molecule has 0 aromatic carbocycles. The number of hydrogen-bond acceptors (Lipinski definition) is 6. The van der Waals surface area contributed by atoms with Crippen LogP contribution in [0.1, 0.15) is 10.9 Å². The summed E-state index contributed by atoms with van der Waals surface area (Å²) >= 11 is 2.71. The van der Waals surface area contributed by atoms with E-state index in [1.54, 1.807) is 5.51 Å². The quantitative estimate of drug-likeness (QED) is 0.845. The molecule has 78 valence electrons. The van der Waals surface area contributed by atoms with Crippen molar-refractivity contribution < 1.29 is 4.79 Å². The third kappa shape index (κ3) is 2.38. The van der Waals surface area contributed by atoms with Crippen molar-refractivity contribution in [3.63, 3.8) is 0 Å². The standard InChI is InChI=1S/C8H8N4OS2/c9-6(5-2-1-3-14-5)7(13)11-8-12-10-4-15-8/h1-4,6H,9H2,(H,11,12,13)/t6-/m0/s1. The molecule has 0 bridgehead atoms. The second kappa shape index (κ2) is 4.47. The van der Waals surface area contributed by atoms with Gasteiger partial charge in [-0.2, -0.15) is 0 Å². The van der Waals surface area contributed by atoms with E-state index in [2.05, 4.69) is 15.5 Å². The highest BCUT2D eigenvalue weighted by Crippen LogP contribution is 2.18. The molecule has 0 unspecified atom stereocenters. The molecule has 5 nitrogen and oxygen atoms in total. The van der Waals surface area contributed by atoms with Gasteiger partial charge in [0, 0.05) is 4.88 Å². The average molecular weight is 240 g/mol. The highest BCUT2D eigenvalue weighted by atomic mass is 32.1. The Morgan fingerprint density at radius 1 is 1.53 bits per heavy atom. The highest BCUT2D eigenvalue weighted by molar-refractivity contribution is 7.13. The molecular weight excluding hydrogens is 232 g/mol. The molecule has 2 heterocycles. The van der Waals surface area contributed by atoms with E-state index in [9.17, 15) is 4.79 Å². The predicted molar refractivity (Wildman–Crippen MR) is 59.8 cm³/mol. The van der Waals surface area contributed by atoms with Crippen LogP contribution >= 0.6 is 22.7 Å². The second-order valence-corrected chi connectivity index (χ2v) is 4.54. The molecule has 1 atom stereocenters. The van der Waals surface area contributed by atoms with Gasteiger partial charge in [0.2, 0.25) is 11.0 Å². The van der Waals surface area contributed by atoms with Crippen molar-refractivity contribution in [2.75, 3.05) is 5.32 Å². The minimum Gasteiger partial charge on any atom is -0.316 e. The molecule has 0 spiro atoms. The molecule has 0 saturated heterocycles. The van der Waals surface area contributed by atoms with E-state index in [-0.39, 0.29) is 5.91 Å². The van der Waals surface area contributed by atoms with E-state index in [0.29, 0.717) is 5.13 Å². The van der Waals surface area contributed by atoms with Crippen molar-refractivity contribution in [2.45, 2.75) is 6.04 Å². The van der Waals surface area contributed by atoms with Gasteiger partial charge in [-0.05, 0) is 11.4 Å². The molecule has 0 saturated carbocycles. The first kappa shape index (κ1) is 10.2. The summed E-state index contributed by atoms with van der Waals surface area (Å²) < 4.78 is 0. The summed E-state index contributed by atoms with van der Waals surface area (Å²) in [6.45, 7) is 0. The number of aromatic nitrogens is 2. The van der Waals surface area contributed by atoms with Crippen molar-refractivity contribution >= 4 is 33.7 Å². The third-order valence-corrected chi connectivity index (χ3v) is 3.28. The summed E-state index contributed by atoms with van der Waals surface area (Å²) in [5, 5.41) is 12.3. The van der Waals surface area contributed by atoms with E-state index in [0.717, 1.165) is 4.88 Å². The van der Waals surface area contributed by atoms with Gasteiger partial charge >= 0.3 is 0 Å². The van der Waals surface area contributed by atoms with Crippen molar-refractivity contribution in [2.24, 2.45) is 5.73 Å². The van der Waals surface area contributed by atoms with Crippen LogP contribution in [0.3, 0.4) is 0 Å². The summed E-state index contributed by atoms with van der Waals surface area (Å²) in [5.41, 5.74) is 7.30.